The van der Waals surface area contributed by atoms with E-state index in [4.69, 9.17) is 11.5 Å². The van der Waals surface area contributed by atoms with Crippen LogP contribution in [-0.2, 0) is 6.18 Å². The van der Waals surface area contributed by atoms with Crippen molar-refractivity contribution in [3.8, 4) is 0 Å². The number of nitrogens with two attached hydrogens (primary N) is 2. The van der Waals surface area contributed by atoms with Gasteiger partial charge in [0, 0.05) is 6.04 Å². The minimum atomic E-state index is -4.29. The lowest BCUT2D eigenvalue weighted by atomic mass is 10.0. The van der Waals surface area contributed by atoms with Gasteiger partial charge in [-0.2, -0.15) is 13.2 Å². The van der Waals surface area contributed by atoms with Crippen LogP contribution >= 0.6 is 12.4 Å². The topological polar surface area (TPSA) is 52.0 Å². The SMILES string of the molecule is Cl.NCCCC[C@@H](N)c1ccc(C(F)(F)F)cc1. The van der Waals surface area contributed by atoms with Crippen LogP contribution in [0.4, 0.5) is 13.2 Å². The molecule has 2 nitrogen and oxygen atoms in total. The molecule has 104 valence electrons. The molecular formula is C12H18ClF3N2. The number of hydrogen-bond donors (Lipinski definition) is 2. The zero-order valence-corrected chi connectivity index (χ0v) is 10.7. The van der Waals surface area contributed by atoms with Crippen molar-refractivity contribution < 1.29 is 13.2 Å². The van der Waals surface area contributed by atoms with E-state index in [-0.39, 0.29) is 18.4 Å². The second-order valence-electron chi connectivity index (χ2n) is 4.01. The molecule has 0 unspecified atom stereocenters. The molecule has 0 saturated carbocycles. The van der Waals surface area contributed by atoms with Crippen molar-refractivity contribution in [3.05, 3.63) is 35.4 Å². The van der Waals surface area contributed by atoms with Crippen LogP contribution in [0.25, 0.3) is 0 Å². The van der Waals surface area contributed by atoms with E-state index < -0.39 is 11.7 Å². The number of halogens is 4. The minimum absolute atomic E-state index is 0. The molecule has 0 amide bonds. The van der Waals surface area contributed by atoms with Crippen LogP contribution in [0.1, 0.15) is 36.4 Å². The van der Waals surface area contributed by atoms with Crippen LogP contribution in [0.15, 0.2) is 24.3 Å². The zero-order valence-electron chi connectivity index (χ0n) is 9.91. The maximum absolute atomic E-state index is 12.3. The molecule has 0 radical (unpaired) electrons. The van der Waals surface area contributed by atoms with Crippen LogP contribution in [-0.4, -0.2) is 6.54 Å². The molecule has 0 aliphatic carbocycles. The monoisotopic (exact) mass is 282 g/mol. The average molecular weight is 283 g/mol. The highest BCUT2D eigenvalue weighted by Crippen LogP contribution is 2.30. The second-order valence-corrected chi connectivity index (χ2v) is 4.01. The summed E-state index contributed by atoms with van der Waals surface area (Å²) in [4.78, 5) is 0. The smallest absolute Gasteiger partial charge is 0.330 e. The molecule has 0 bridgehead atoms. The fourth-order valence-electron chi connectivity index (χ4n) is 1.59. The van der Waals surface area contributed by atoms with Crippen molar-refractivity contribution in [1.82, 2.24) is 0 Å². The first kappa shape index (κ1) is 17.2. The van der Waals surface area contributed by atoms with Gasteiger partial charge in [-0.15, -0.1) is 12.4 Å². The standard InChI is InChI=1S/C12H17F3N2.ClH/c13-12(14,15)10-6-4-9(5-7-10)11(17)3-1-2-8-16;/h4-7,11H,1-3,8,16-17H2;1H/t11-;/m1./s1. The fourth-order valence-corrected chi connectivity index (χ4v) is 1.59. The Bertz CT molecular complexity index is 338. The molecule has 18 heavy (non-hydrogen) atoms. The van der Waals surface area contributed by atoms with E-state index in [1.165, 1.54) is 12.1 Å². The van der Waals surface area contributed by atoms with Gasteiger partial charge in [-0.3, -0.25) is 0 Å². The van der Waals surface area contributed by atoms with Gasteiger partial charge in [-0.25, -0.2) is 0 Å². The molecule has 0 aliphatic rings. The molecule has 1 atom stereocenters. The summed E-state index contributed by atoms with van der Waals surface area (Å²) in [5.41, 5.74) is 11.3. The summed E-state index contributed by atoms with van der Waals surface area (Å²) in [5, 5.41) is 0. The van der Waals surface area contributed by atoms with Gasteiger partial charge in [0.15, 0.2) is 0 Å². The third-order valence-corrected chi connectivity index (χ3v) is 2.64. The van der Waals surface area contributed by atoms with Crippen molar-refractivity contribution in [1.29, 1.82) is 0 Å². The molecule has 0 aromatic heterocycles. The summed E-state index contributed by atoms with van der Waals surface area (Å²) in [7, 11) is 0. The van der Waals surface area contributed by atoms with Crippen LogP contribution in [0, 0.1) is 0 Å². The van der Waals surface area contributed by atoms with E-state index >= 15 is 0 Å². The van der Waals surface area contributed by atoms with Crippen molar-refractivity contribution >= 4 is 12.4 Å². The summed E-state index contributed by atoms with van der Waals surface area (Å²) in [6, 6.07) is 4.80. The maximum Gasteiger partial charge on any atom is 0.416 e. The molecule has 0 aliphatic heterocycles. The van der Waals surface area contributed by atoms with Crippen molar-refractivity contribution in [2.45, 2.75) is 31.5 Å². The molecule has 1 aromatic carbocycles. The van der Waals surface area contributed by atoms with E-state index in [1.807, 2.05) is 0 Å². The van der Waals surface area contributed by atoms with Crippen molar-refractivity contribution in [2.24, 2.45) is 11.5 Å². The molecule has 6 heteroatoms. The summed E-state index contributed by atoms with van der Waals surface area (Å²) in [5.74, 6) is 0. The zero-order chi connectivity index (χ0) is 12.9. The quantitative estimate of drug-likeness (QED) is 0.815. The van der Waals surface area contributed by atoms with E-state index in [0.29, 0.717) is 6.54 Å². The lowest BCUT2D eigenvalue weighted by Crippen LogP contribution is -2.12. The lowest BCUT2D eigenvalue weighted by Gasteiger charge is -2.13. The van der Waals surface area contributed by atoms with Gasteiger partial charge in [0.1, 0.15) is 0 Å². The van der Waals surface area contributed by atoms with Gasteiger partial charge in [-0.1, -0.05) is 18.6 Å². The molecule has 0 fully saturated rings. The Morgan fingerprint density at radius 2 is 1.61 bits per heavy atom. The summed E-state index contributed by atoms with van der Waals surface area (Å²) < 4.78 is 37.0. The Morgan fingerprint density at radius 3 is 2.06 bits per heavy atom. The van der Waals surface area contributed by atoms with Gasteiger partial charge in [0.05, 0.1) is 5.56 Å². The number of rotatable bonds is 5. The second kappa shape index (κ2) is 7.61. The van der Waals surface area contributed by atoms with E-state index in [1.54, 1.807) is 0 Å². The molecule has 0 saturated heterocycles. The highest BCUT2D eigenvalue weighted by Gasteiger charge is 2.30. The lowest BCUT2D eigenvalue weighted by molar-refractivity contribution is -0.137. The van der Waals surface area contributed by atoms with Crippen molar-refractivity contribution in [2.75, 3.05) is 6.54 Å². The van der Waals surface area contributed by atoms with Crippen molar-refractivity contribution in [3.63, 3.8) is 0 Å². The highest BCUT2D eigenvalue weighted by molar-refractivity contribution is 5.85. The molecule has 4 N–H and O–H groups in total. The first-order chi connectivity index (χ1) is 7.95. The van der Waals surface area contributed by atoms with Crippen LogP contribution in [0.5, 0.6) is 0 Å². The largest absolute Gasteiger partial charge is 0.416 e. The third-order valence-electron chi connectivity index (χ3n) is 2.64. The Balaban J connectivity index is 0.00000289. The first-order valence-electron chi connectivity index (χ1n) is 5.58. The summed E-state index contributed by atoms with van der Waals surface area (Å²) in [6.45, 7) is 0.611. The Hall–Kier alpha value is -0.780. The molecule has 0 spiro atoms. The molecule has 1 rings (SSSR count). The highest BCUT2D eigenvalue weighted by atomic mass is 35.5. The van der Waals surface area contributed by atoms with Gasteiger partial charge >= 0.3 is 6.18 Å². The average Bonchev–Trinajstić information content (AvgIpc) is 2.28. The first-order valence-corrected chi connectivity index (χ1v) is 5.58. The van der Waals surface area contributed by atoms with E-state index in [2.05, 4.69) is 0 Å². The van der Waals surface area contributed by atoms with Crippen LogP contribution in [0.2, 0.25) is 0 Å². The summed E-state index contributed by atoms with van der Waals surface area (Å²) >= 11 is 0. The fraction of sp³-hybridized carbons (Fsp3) is 0.500. The van der Waals surface area contributed by atoms with E-state index in [9.17, 15) is 13.2 Å². The number of unbranched alkanes of at least 4 members (excludes halogenated alkanes) is 1. The van der Waals surface area contributed by atoms with Gasteiger partial charge in [0.25, 0.3) is 0 Å². The van der Waals surface area contributed by atoms with Crippen LogP contribution in [0.3, 0.4) is 0 Å². The predicted molar refractivity (Wildman–Crippen MR) is 68.5 cm³/mol. The molecule has 0 heterocycles. The Morgan fingerprint density at radius 1 is 1.06 bits per heavy atom. The van der Waals surface area contributed by atoms with Gasteiger partial charge in [0.2, 0.25) is 0 Å². The Labute approximate surface area is 111 Å². The third kappa shape index (κ3) is 5.25. The summed E-state index contributed by atoms with van der Waals surface area (Å²) in [6.07, 6.45) is -1.78. The van der Waals surface area contributed by atoms with Gasteiger partial charge < -0.3 is 11.5 Å². The molecule has 1 aromatic rings. The number of benzene rings is 1. The predicted octanol–water partition coefficient (Wildman–Crippen LogP) is 3.26. The van der Waals surface area contributed by atoms with Crippen LogP contribution < -0.4 is 11.5 Å². The minimum Gasteiger partial charge on any atom is -0.330 e. The van der Waals surface area contributed by atoms with Gasteiger partial charge in [-0.05, 0) is 37.1 Å². The molecular weight excluding hydrogens is 265 g/mol. The van der Waals surface area contributed by atoms with E-state index in [0.717, 1.165) is 37.0 Å². The number of hydrogen-bond acceptors (Lipinski definition) is 2. The normalized spacial score (nSPS) is 12.9. The Kier molecular flexibility index (Phi) is 7.28. The number of alkyl halides is 3. The maximum atomic E-state index is 12.3.